The molecule has 0 aromatic carbocycles. The lowest BCUT2D eigenvalue weighted by atomic mass is 10.2. The summed E-state index contributed by atoms with van der Waals surface area (Å²) in [4.78, 5) is 19.2. The first-order valence-electron chi connectivity index (χ1n) is 6.07. The Morgan fingerprint density at radius 3 is 3.00 bits per heavy atom. The summed E-state index contributed by atoms with van der Waals surface area (Å²) < 4.78 is 1.98. The Labute approximate surface area is 111 Å². The minimum atomic E-state index is -0.968. The van der Waals surface area contributed by atoms with Gasteiger partial charge in [0.1, 0.15) is 11.4 Å². The van der Waals surface area contributed by atoms with Crippen LogP contribution in [0.25, 0.3) is 0 Å². The van der Waals surface area contributed by atoms with E-state index in [1.165, 1.54) is 0 Å². The summed E-state index contributed by atoms with van der Waals surface area (Å²) in [5, 5.41) is 12.1. The van der Waals surface area contributed by atoms with Crippen LogP contribution in [0.15, 0.2) is 30.9 Å². The zero-order valence-electron chi connectivity index (χ0n) is 10.7. The Hall–Kier alpha value is -2.37. The van der Waals surface area contributed by atoms with Gasteiger partial charge in [-0.15, -0.1) is 0 Å². The van der Waals surface area contributed by atoms with Crippen LogP contribution in [-0.4, -0.2) is 32.2 Å². The van der Waals surface area contributed by atoms with Crippen LogP contribution in [-0.2, 0) is 6.54 Å². The molecule has 19 heavy (non-hydrogen) atoms. The second kappa shape index (κ2) is 5.99. The summed E-state index contributed by atoms with van der Waals surface area (Å²) >= 11 is 0. The minimum absolute atomic E-state index is 0.202. The number of hydrogen-bond donors (Lipinski definition) is 2. The van der Waals surface area contributed by atoms with Crippen LogP contribution in [0.2, 0.25) is 0 Å². The molecule has 6 nitrogen and oxygen atoms in total. The molecule has 0 spiro atoms. The Balaban J connectivity index is 1.91. The summed E-state index contributed by atoms with van der Waals surface area (Å²) in [6.45, 7) is 3.33. The smallest absolute Gasteiger partial charge is 0.339 e. The van der Waals surface area contributed by atoms with Gasteiger partial charge in [-0.1, -0.05) is 0 Å². The van der Waals surface area contributed by atoms with Crippen molar-refractivity contribution in [3.05, 3.63) is 42.1 Å². The molecule has 0 aliphatic carbocycles. The molecule has 6 heteroatoms. The van der Waals surface area contributed by atoms with E-state index in [1.807, 2.05) is 17.7 Å². The maximum Gasteiger partial charge on any atom is 0.339 e. The van der Waals surface area contributed by atoms with Gasteiger partial charge in [0.15, 0.2) is 0 Å². The Morgan fingerprint density at radius 2 is 2.32 bits per heavy atom. The first kappa shape index (κ1) is 13.1. The first-order valence-corrected chi connectivity index (χ1v) is 6.07. The average Bonchev–Trinajstić information content (AvgIpc) is 2.87. The molecule has 100 valence electrons. The van der Waals surface area contributed by atoms with E-state index < -0.39 is 5.97 Å². The normalized spacial score (nSPS) is 10.4. The van der Waals surface area contributed by atoms with Crippen molar-refractivity contribution in [2.45, 2.75) is 19.9 Å². The maximum absolute atomic E-state index is 11.1. The van der Waals surface area contributed by atoms with Crippen molar-refractivity contribution in [3.8, 4) is 0 Å². The number of aryl methyl sites for hydroxylation is 2. The monoisotopic (exact) mass is 260 g/mol. The van der Waals surface area contributed by atoms with Gasteiger partial charge in [-0.25, -0.2) is 14.8 Å². The highest BCUT2D eigenvalue weighted by Gasteiger charge is 2.10. The molecule has 2 rings (SSSR count). The largest absolute Gasteiger partial charge is 0.478 e. The fourth-order valence-electron chi connectivity index (χ4n) is 1.75. The Bertz CT molecular complexity index is 552. The average molecular weight is 260 g/mol. The first-order chi connectivity index (χ1) is 9.16. The van der Waals surface area contributed by atoms with Crippen molar-refractivity contribution in [1.29, 1.82) is 0 Å². The molecule has 0 unspecified atom stereocenters. The molecule has 0 aliphatic heterocycles. The van der Waals surface area contributed by atoms with E-state index in [0.29, 0.717) is 12.4 Å². The van der Waals surface area contributed by atoms with Crippen LogP contribution < -0.4 is 5.32 Å². The fraction of sp³-hybridized carbons (Fsp3) is 0.308. The van der Waals surface area contributed by atoms with Gasteiger partial charge in [-0.3, -0.25) is 0 Å². The number of nitrogens with zero attached hydrogens (tertiary/aromatic N) is 3. The second-order valence-corrected chi connectivity index (χ2v) is 4.23. The molecule has 0 saturated heterocycles. The fourth-order valence-corrected chi connectivity index (χ4v) is 1.75. The summed E-state index contributed by atoms with van der Waals surface area (Å²) in [6, 6.07) is 3.27. The number of hydrogen-bond acceptors (Lipinski definition) is 4. The predicted molar refractivity (Wildman–Crippen MR) is 71.3 cm³/mol. The number of carbonyl (C=O) groups is 1. The van der Waals surface area contributed by atoms with Crippen molar-refractivity contribution in [3.63, 3.8) is 0 Å². The number of anilines is 1. The van der Waals surface area contributed by atoms with Crippen LogP contribution in [0.4, 0.5) is 5.82 Å². The predicted octanol–water partition coefficient (Wildman–Crippen LogP) is 1.79. The number of carboxylic acids is 1. The van der Waals surface area contributed by atoms with E-state index >= 15 is 0 Å². The van der Waals surface area contributed by atoms with E-state index in [2.05, 4.69) is 15.3 Å². The number of imidazole rings is 1. The van der Waals surface area contributed by atoms with E-state index in [-0.39, 0.29) is 5.56 Å². The van der Waals surface area contributed by atoms with E-state index in [1.54, 1.807) is 24.7 Å². The van der Waals surface area contributed by atoms with Crippen LogP contribution in [0.3, 0.4) is 0 Å². The van der Waals surface area contributed by atoms with E-state index in [4.69, 9.17) is 5.11 Å². The third-order valence-electron chi connectivity index (χ3n) is 2.71. The summed E-state index contributed by atoms with van der Waals surface area (Å²) in [5.41, 5.74) is 0.996. The van der Waals surface area contributed by atoms with Crippen molar-refractivity contribution in [1.82, 2.24) is 14.5 Å². The number of aromatic nitrogens is 3. The van der Waals surface area contributed by atoms with Crippen LogP contribution in [0.1, 0.15) is 22.5 Å². The molecule has 0 radical (unpaired) electrons. The lowest BCUT2D eigenvalue weighted by molar-refractivity contribution is 0.0697. The zero-order chi connectivity index (χ0) is 13.7. The van der Waals surface area contributed by atoms with Gasteiger partial charge in [-0.05, 0) is 25.5 Å². The Kier molecular flexibility index (Phi) is 4.12. The van der Waals surface area contributed by atoms with Crippen LogP contribution >= 0.6 is 0 Å². The van der Waals surface area contributed by atoms with Gasteiger partial charge in [0.05, 0.1) is 6.33 Å². The number of rotatable bonds is 6. The van der Waals surface area contributed by atoms with Gasteiger partial charge in [-0.2, -0.15) is 0 Å². The minimum Gasteiger partial charge on any atom is -0.478 e. The lowest BCUT2D eigenvalue weighted by Gasteiger charge is -2.09. The summed E-state index contributed by atoms with van der Waals surface area (Å²) in [7, 11) is 0. The highest BCUT2D eigenvalue weighted by atomic mass is 16.4. The molecule has 0 atom stereocenters. The van der Waals surface area contributed by atoms with E-state index in [9.17, 15) is 4.79 Å². The number of nitrogens with one attached hydrogen (secondary N) is 1. The molecule has 0 aliphatic rings. The molecule has 0 bridgehead atoms. The molecule has 2 aromatic rings. The van der Waals surface area contributed by atoms with Gasteiger partial charge < -0.3 is 15.0 Å². The molecular weight excluding hydrogens is 244 g/mol. The zero-order valence-corrected chi connectivity index (χ0v) is 10.7. The molecular formula is C13H16N4O2. The maximum atomic E-state index is 11.1. The second-order valence-electron chi connectivity index (χ2n) is 4.23. The van der Waals surface area contributed by atoms with E-state index in [0.717, 1.165) is 18.7 Å². The third kappa shape index (κ3) is 3.54. The van der Waals surface area contributed by atoms with Crippen molar-refractivity contribution >= 4 is 11.8 Å². The van der Waals surface area contributed by atoms with Crippen LogP contribution in [0.5, 0.6) is 0 Å². The van der Waals surface area contributed by atoms with Crippen molar-refractivity contribution < 1.29 is 9.90 Å². The molecule has 2 N–H and O–H groups in total. The quantitative estimate of drug-likeness (QED) is 0.774. The molecule has 0 fully saturated rings. The van der Waals surface area contributed by atoms with Crippen molar-refractivity contribution in [2.24, 2.45) is 0 Å². The highest BCUT2D eigenvalue weighted by molar-refractivity contribution is 5.93. The van der Waals surface area contributed by atoms with Crippen molar-refractivity contribution in [2.75, 3.05) is 11.9 Å². The van der Waals surface area contributed by atoms with Gasteiger partial charge in [0.25, 0.3) is 0 Å². The van der Waals surface area contributed by atoms with Crippen LogP contribution in [0, 0.1) is 6.92 Å². The summed E-state index contributed by atoms with van der Waals surface area (Å²) in [6.07, 6.45) is 6.25. The highest BCUT2D eigenvalue weighted by Crippen LogP contribution is 2.13. The number of carboxylic acid groups (broad SMARTS) is 1. The lowest BCUT2D eigenvalue weighted by Crippen LogP contribution is -2.11. The standard InChI is InChI=1S/C13H16N4O2/c1-10-3-4-11(13(18)19)12(16-10)15-5-2-7-17-8-6-14-9-17/h3-4,6,8-9H,2,5,7H2,1H3,(H,15,16)(H,18,19). The number of aromatic carboxylic acids is 1. The number of pyridine rings is 1. The van der Waals surface area contributed by atoms with Gasteiger partial charge in [0.2, 0.25) is 0 Å². The molecule has 0 saturated carbocycles. The molecule has 0 amide bonds. The summed E-state index contributed by atoms with van der Waals surface area (Å²) in [5.74, 6) is -0.539. The molecule has 2 aromatic heterocycles. The SMILES string of the molecule is Cc1ccc(C(=O)O)c(NCCCn2ccnc2)n1. The topological polar surface area (TPSA) is 80.0 Å². The third-order valence-corrected chi connectivity index (χ3v) is 2.71. The Morgan fingerprint density at radius 1 is 1.47 bits per heavy atom. The molecule has 2 heterocycles. The van der Waals surface area contributed by atoms with Gasteiger partial charge >= 0.3 is 5.97 Å². The van der Waals surface area contributed by atoms with Gasteiger partial charge in [0, 0.05) is 31.2 Å².